The molecule has 0 aliphatic heterocycles. The number of aromatic nitrogens is 2. The van der Waals surface area contributed by atoms with E-state index in [4.69, 9.17) is 10.2 Å². The number of carbonyl (C=O) groups is 3. The summed E-state index contributed by atoms with van der Waals surface area (Å²) in [4.78, 5) is 33.5. The first kappa shape index (κ1) is 23.0. The van der Waals surface area contributed by atoms with Gasteiger partial charge in [0.05, 0.1) is 4.88 Å². The van der Waals surface area contributed by atoms with E-state index in [1.54, 1.807) is 11.3 Å². The van der Waals surface area contributed by atoms with Gasteiger partial charge >= 0.3 is 11.9 Å². The Bertz CT molecular complexity index is 980. The molecule has 2 heterocycles. The summed E-state index contributed by atoms with van der Waals surface area (Å²) >= 11 is 2.97. The molecule has 1 amide bonds. The first-order valence-corrected chi connectivity index (χ1v) is 11.5. The lowest BCUT2D eigenvalue weighted by Gasteiger charge is -2.26. The minimum absolute atomic E-state index is 0.0790. The summed E-state index contributed by atoms with van der Waals surface area (Å²) in [6.07, 6.45) is 6.32. The molecular formula is C20H24N4O5S2. The van der Waals surface area contributed by atoms with E-state index in [1.165, 1.54) is 47.5 Å². The van der Waals surface area contributed by atoms with Crippen LogP contribution < -0.4 is 10.6 Å². The van der Waals surface area contributed by atoms with Gasteiger partial charge in [-0.15, -0.1) is 21.5 Å². The predicted octanol–water partition coefficient (Wildman–Crippen LogP) is 3.18. The minimum Gasteiger partial charge on any atom is -0.478 e. The zero-order valence-electron chi connectivity index (χ0n) is 17.1. The summed E-state index contributed by atoms with van der Waals surface area (Å²) in [5.41, 5.74) is 1.34. The Labute approximate surface area is 187 Å². The molecule has 166 valence electrons. The average Bonchev–Trinajstić information content (AvgIpc) is 3.14. The molecule has 0 aromatic carbocycles. The van der Waals surface area contributed by atoms with Crippen molar-refractivity contribution in [1.82, 2.24) is 15.5 Å². The third kappa shape index (κ3) is 6.68. The fraction of sp³-hybridized carbons (Fsp3) is 0.450. The highest BCUT2D eigenvalue weighted by Gasteiger charge is 2.41. The number of hydrogen-bond donors (Lipinski definition) is 4. The molecule has 0 saturated heterocycles. The molecule has 0 spiro atoms. The van der Waals surface area contributed by atoms with E-state index in [2.05, 4.69) is 33.8 Å². The summed E-state index contributed by atoms with van der Waals surface area (Å²) in [6, 6.07) is 3.40. The molecule has 4 N–H and O–H groups in total. The van der Waals surface area contributed by atoms with Crippen molar-refractivity contribution in [3.63, 3.8) is 0 Å². The Balaban J connectivity index is 0.000000293. The Morgan fingerprint density at radius 1 is 1.10 bits per heavy atom. The number of nitrogens with one attached hydrogen (secondary N) is 2. The fourth-order valence-electron chi connectivity index (χ4n) is 3.23. The Morgan fingerprint density at radius 3 is 2.29 bits per heavy atom. The zero-order valence-corrected chi connectivity index (χ0v) is 18.8. The summed E-state index contributed by atoms with van der Waals surface area (Å²) in [5.74, 6) is -2.01. The number of carboxylic acids is 2. The quantitative estimate of drug-likeness (QED) is 0.458. The number of anilines is 1. The van der Waals surface area contributed by atoms with Crippen molar-refractivity contribution in [3.05, 3.63) is 38.5 Å². The molecule has 2 aliphatic carbocycles. The van der Waals surface area contributed by atoms with Crippen molar-refractivity contribution in [2.45, 2.75) is 57.5 Å². The molecule has 4 rings (SSSR count). The molecule has 11 heteroatoms. The predicted molar refractivity (Wildman–Crippen MR) is 118 cm³/mol. The summed E-state index contributed by atoms with van der Waals surface area (Å²) in [6.45, 7) is 3.99. The third-order valence-corrected chi connectivity index (χ3v) is 6.86. The Kier molecular flexibility index (Phi) is 7.52. The first-order chi connectivity index (χ1) is 14.7. The smallest absolute Gasteiger partial charge is 0.328 e. The van der Waals surface area contributed by atoms with Gasteiger partial charge in [-0.3, -0.25) is 10.1 Å². The molecule has 2 atom stereocenters. The Hall–Kier alpha value is -2.63. The van der Waals surface area contributed by atoms with Crippen molar-refractivity contribution in [3.8, 4) is 0 Å². The lowest BCUT2D eigenvalue weighted by Crippen LogP contribution is -2.37. The summed E-state index contributed by atoms with van der Waals surface area (Å²) < 4.78 is 0. The van der Waals surface area contributed by atoms with Crippen LogP contribution in [-0.4, -0.2) is 50.3 Å². The molecule has 2 aliphatic rings. The van der Waals surface area contributed by atoms with E-state index in [0.717, 1.165) is 15.9 Å². The number of aryl methyl sites for hydroxylation is 2. The maximum absolute atomic E-state index is 12.4. The van der Waals surface area contributed by atoms with E-state index in [9.17, 15) is 14.4 Å². The second kappa shape index (κ2) is 10.1. The molecule has 31 heavy (non-hydrogen) atoms. The van der Waals surface area contributed by atoms with Gasteiger partial charge < -0.3 is 15.5 Å². The number of aliphatic carboxylic acids is 2. The highest BCUT2D eigenvalue weighted by atomic mass is 32.1. The molecule has 0 bridgehead atoms. The number of thiophene rings is 1. The van der Waals surface area contributed by atoms with Gasteiger partial charge in [0.15, 0.2) is 0 Å². The van der Waals surface area contributed by atoms with Gasteiger partial charge in [0.2, 0.25) is 5.13 Å². The van der Waals surface area contributed by atoms with Gasteiger partial charge in [-0.05, 0) is 44.7 Å². The topological polar surface area (TPSA) is 142 Å². The highest BCUT2D eigenvalue weighted by Crippen LogP contribution is 2.45. The van der Waals surface area contributed by atoms with Gasteiger partial charge in [0.25, 0.3) is 5.91 Å². The van der Waals surface area contributed by atoms with E-state index < -0.39 is 11.9 Å². The molecule has 2 aromatic heterocycles. The summed E-state index contributed by atoms with van der Waals surface area (Å²) in [5, 5.41) is 31.5. The van der Waals surface area contributed by atoms with Crippen LogP contribution in [0, 0.1) is 13.8 Å². The first-order valence-electron chi connectivity index (χ1n) is 9.84. The van der Waals surface area contributed by atoms with Gasteiger partial charge in [0.1, 0.15) is 5.01 Å². The number of amides is 1. The standard InChI is InChI=1S/C16H20N4OS2.C4H4O4/c1-8-11(12-6-13(12)17-10-4-3-5-10)7-14(22-8)15(21)18-16-20-19-9(2)23-16;5-3(6)1-2-4(7)8/h7,10,12-13,17H,3-6H2,1-2H3,(H,18,20,21);1-2H,(H,5,6)(H,7,8)/t12-,13+;/m0./s1. The molecule has 0 radical (unpaired) electrons. The van der Waals surface area contributed by atoms with Crippen molar-refractivity contribution in [2.75, 3.05) is 5.32 Å². The van der Waals surface area contributed by atoms with Crippen LogP contribution in [0.1, 0.15) is 56.7 Å². The normalized spacial score (nSPS) is 19.9. The second-order valence-electron chi connectivity index (χ2n) is 7.46. The number of nitrogens with zero attached hydrogens (tertiary/aromatic N) is 2. The third-order valence-electron chi connectivity index (χ3n) is 5.04. The lowest BCUT2D eigenvalue weighted by atomic mass is 9.93. The maximum atomic E-state index is 12.4. The van der Waals surface area contributed by atoms with Crippen molar-refractivity contribution >= 4 is 45.7 Å². The lowest BCUT2D eigenvalue weighted by molar-refractivity contribution is -0.134. The van der Waals surface area contributed by atoms with E-state index >= 15 is 0 Å². The van der Waals surface area contributed by atoms with Crippen molar-refractivity contribution in [2.24, 2.45) is 0 Å². The zero-order chi connectivity index (χ0) is 22.5. The molecule has 2 saturated carbocycles. The van der Waals surface area contributed by atoms with E-state index in [1.807, 2.05) is 6.92 Å². The monoisotopic (exact) mass is 464 g/mol. The van der Waals surface area contributed by atoms with Crippen LogP contribution >= 0.6 is 22.7 Å². The van der Waals surface area contributed by atoms with Crippen LogP contribution in [0.5, 0.6) is 0 Å². The van der Waals surface area contributed by atoms with Crippen molar-refractivity contribution < 1.29 is 24.6 Å². The molecule has 9 nitrogen and oxygen atoms in total. The highest BCUT2D eigenvalue weighted by molar-refractivity contribution is 7.16. The molecule has 2 aromatic rings. The second-order valence-corrected chi connectivity index (χ2v) is 9.89. The van der Waals surface area contributed by atoms with Crippen molar-refractivity contribution in [1.29, 1.82) is 0 Å². The van der Waals surface area contributed by atoms with E-state index in [0.29, 0.717) is 29.2 Å². The van der Waals surface area contributed by atoms with Gasteiger partial charge in [0, 0.05) is 35.0 Å². The van der Waals surface area contributed by atoms with Crippen LogP contribution in [-0.2, 0) is 9.59 Å². The van der Waals surface area contributed by atoms with Gasteiger partial charge in [-0.25, -0.2) is 9.59 Å². The van der Waals surface area contributed by atoms with Crippen LogP contribution in [0.3, 0.4) is 0 Å². The summed E-state index contributed by atoms with van der Waals surface area (Å²) in [7, 11) is 0. The minimum atomic E-state index is -1.26. The van der Waals surface area contributed by atoms with Crippen LogP contribution in [0.25, 0.3) is 0 Å². The average molecular weight is 465 g/mol. The number of carbonyl (C=O) groups excluding carboxylic acids is 1. The SMILES string of the molecule is Cc1nnc(NC(=O)c2cc([C@@H]3C[C@H]3NC3CCC3)c(C)s2)s1.O=C(O)C=CC(=O)O. The fourth-order valence-corrected chi connectivity index (χ4v) is 4.80. The van der Waals surface area contributed by atoms with Crippen LogP contribution in [0.2, 0.25) is 0 Å². The molecule has 0 unspecified atom stereocenters. The number of carboxylic acid groups (broad SMARTS) is 2. The van der Waals surface area contributed by atoms with Crippen LogP contribution in [0.4, 0.5) is 5.13 Å². The molecular weight excluding hydrogens is 440 g/mol. The van der Waals surface area contributed by atoms with E-state index in [-0.39, 0.29) is 5.91 Å². The maximum Gasteiger partial charge on any atom is 0.328 e. The molecule has 2 fully saturated rings. The van der Waals surface area contributed by atoms with Crippen LogP contribution in [0.15, 0.2) is 18.2 Å². The van der Waals surface area contributed by atoms with Gasteiger partial charge in [-0.1, -0.05) is 17.8 Å². The largest absolute Gasteiger partial charge is 0.478 e. The van der Waals surface area contributed by atoms with Gasteiger partial charge in [-0.2, -0.15) is 0 Å². The number of hydrogen-bond acceptors (Lipinski definition) is 8. The number of rotatable bonds is 7. The Morgan fingerprint density at radius 2 is 1.77 bits per heavy atom.